The molecule has 0 aliphatic carbocycles. The van der Waals surface area contributed by atoms with E-state index in [0.29, 0.717) is 31.9 Å². The van der Waals surface area contributed by atoms with Gasteiger partial charge in [-0.05, 0) is 37.5 Å². The maximum absolute atomic E-state index is 13.3. The van der Waals surface area contributed by atoms with E-state index >= 15 is 0 Å². The average molecular weight is 309 g/mol. The second-order valence-electron chi connectivity index (χ2n) is 5.59. The molecule has 0 aliphatic rings. The number of nitrogens with zero attached hydrogens (tertiary/aromatic N) is 2. The largest absolute Gasteiger partial charge is 0.388 e. The number of guanidine groups is 1. The summed E-state index contributed by atoms with van der Waals surface area (Å²) in [5, 5.41) is 13.6. The monoisotopic (exact) mass is 309 g/mol. The molecule has 0 aliphatic heterocycles. The van der Waals surface area contributed by atoms with Crippen LogP contribution in [0.25, 0.3) is 0 Å². The fourth-order valence-corrected chi connectivity index (χ4v) is 2.15. The molecule has 1 rings (SSSR count). The van der Waals surface area contributed by atoms with Gasteiger partial charge in [0, 0.05) is 20.1 Å². The quantitative estimate of drug-likeness (QED) is 0.601. The molecule has 0 bridgehead atoms. The predicted molar refractivity (Wildman–Crippen MR) is 89.4 cm³/mol. The van der Waals surface area contributed by atoms with Crippen LogP contribution in [0.1, 0.15) is 39.2 Å². The summed E-state index contributed by atoms with van der Waals surface area (Å²) in [7, 11) is 1.91. The Morgan fingerprint density at radius 2 is 2.00 bits per heavy atom. The van der Waals surface area contributed by atoms with Crippen molar-refractivity contribution >= 4 is 5.96 Å². The maximum Gasteiger partial charge on any atom is 0.194 e. The maximum atomic E-state index is 13.3. The van der Waals surface area contributed by atoms with Crippen LogP contribution in [0, 0.1) is 5.82 Å². The molecule has 0 saturated carbocycles. The van der Waals surface area contributed by atoms with E-state index in [-0.39, 0.29) is 5.82 Å². The standard InChI is InChI=1S/C17H28FN3O/c1-5-17(22,6-2)13-20-16(19-7-3)21(4)12-14-9-8-10-15(18)11-14/h8-11,22H,5-7,12-13H2,1-4H3,(H,19,20). The van der Waals surface area contributed by atoms with Crippen molar-refractivity contribution in [3.63, 3.8) is 0 Å². The number of halogens is 1. The predicted octanol–water partition coefficient (Wildman–Crippen LogP) is 2.77. The van der Waals surface area contributed by atoms with Crippen LogP contribution in [0.2, 0.25) is 0 Å². The molecule has 0 aromatic heterocycles. The normalized spacial score (nSPS) is 12.4. The number of aliphatic imine (C=N–C) groups is 1. The minimum Gasteiger partial charge on any atom is -0.388 e. The Kier molecular flexibility index (Phi) is 7.32. The van der Waals surface area contributed by atoms with Crippen LogP contribution in [-0.2, 0) is 6.54 Å². The van der Waals surface area contributed by atoms with Crippen molar-refractivity contribution in [3.8, 4) is 0 Å². The van der Waals surface area contributed by atoms with Crippen LogP contribution < -0.4 is 5.32 Å². The zero-order valence-corrected chi connectivity index (χ0v) is 14.1. The topological polar surface area (TPSA) is 47.9 Å². The van der Waals surface area contributed by atoms with Crippen LogP contribution in [0.4, 0.5) is 4.39 Å². The zero-order valence-electron chi connectivity index (χ0n) is 14.1. The lowest BCUT2D eigenvalue weighted by molar-refractivity contribution is 0.0416. The first-order chi connectivity index (χ1) is 10.4. The van der Waals surface area contributed by atoms with Gasteiger partial charge in [-0.15, -0.1) is 0 Å². The molecule has 1 aromatic rings. The molecule has 0 heterocycles. The summed E-state index contributed by atoms with van der Waals surface area (Å²) in [5.74, 6) is 0.478. The SMILES string of the molecule is CCNC(=NCC(O)(CC)CC)N(C)Cc1cccc(F)c1. The molecule has 1 aromatic carbocycles. The smallest absolute Gasteiger partial charge is 0.194 e. The number of hydrogen-bond donors (Lipinski definition) is 2. The van der Waals surface area contributed by atoms with Crippen molar-refractivity contribution in [2.75, 3.05) is 20.1 Å². The Hall–Kier alpha value is -1.62. The Balaban J connectivity index is 2.80. The Morgan fingerprint density at radius 1 is 1.32 bits per heavy atom. The Morgan fingerprint density at radius 3 is 2.55 bits per heavy atom. The van der Waals surface area contributed by atoms with Crippen molar-refractivity contribution in [2.24, 2.45) is 4.99 Å². The van der Waals surface area contributed by atoms with Gasteiger partial charge in [0.05, 0.1) is 12.1 Å². The summed E-state index contributed by atoms with van der Waals surface area (Å²) in [5.41, 5.74) is 0.120. The lowest BCUT2D eigenvalue weighted by atomic mass is 9.98. The van der Waals surface area contributed by atoms with Crippen LogP contribution in [0.15, 0.2) is 29.3 Å². The molecule has 0 atom stereocenters. The van der Waals surface area contributed by atoms with Gasteiger partial charge < -0.3 is 15.3 Å². The van der Waals surface area contributed by atoms with Gasteiger partial charge in [-0.1, -0.05) is 26.0 Å². The summed E-state index contributed by atoms with van der Waals surface area (Å²) in [6.07, 6.45) is 1.33. The van der Waals surface area contributed by atoms with Crippen molar-refractivity contribution in [1.82, 2.24) is 10.2 Å². The number of rotatable bonds is 7. The highest BCUT2D eigenvalue weighted by Gasteiger charge is 2.22. The van der Waals surface area contributed by atoms with E-state index in [0.717, 1.165) is 12.1 Å². The van der Waals surface area contributed by atoms with Crippen molar-refractivity contribution in [3.05, 3.63) is 35.6 Å². The molecule has 0 unspecified atom stereocenters. The first-order valence-electron chi connectivity index (χ1n) is 7.90. The summed E-state index contributed by atoms with van der Waals surface area (Å²) in [6, 6.07) is 6.55. The molecule has 2 N–H and O–H groups in total. The van der Waals surface area contributed by atoms with E-state index in [4.69, 9.17) is 0 Å². The highest BCUT2D eigenvalue weighted by Crippen LogP contribution is 2.15. The molecule has 0 spiro atoms. The molecular weight excluding hydrogens is 281 g/mol. The second-order valence-corrected chi connectivity index (χ2v) is 5.59. The van der Waals surface area contributed by atoms with E-state index in [1.165, 1.54) is 12.1 Å². The zero-order chi connectivity index (χ0) is 16.6. The molecule has 0 radical (unpaired) electrons. The van der Waals surface area contributed by atoms with E-state index < -0.39 is 5.60 Å². The third-order valence-electron chi connectivity index (χ3n) is 3.84. The Labute approximate surface area is 133 Å². The lowest BCUT2D eigenvalue weighted by Crippen LogP contribution is -2.40. The van der Waals surface area contributed by atoms with E-state index in [1.807, 2.05) is 38.8 Å². The van der Waals surface area contributed by atoms with Crippen LogP contribution in [0.5, 0.6) is 0 Å². The lowest BCUT2D eigenvalue weighted by Gasteiger charge is -2.26. The van der Waals surface area contributed by atoms with E-state index in [2.05, 4.69) is 10.3 Å². The van der Waals surface area contributed by atoms with Crippen LogP contribution in [0.3, 0.4) is 0 Å². The van der Waals surface area contributed by atoms with Crippen LogP contribution >= 0.6 is 0 Å². The highest BCUT2D eigenvalue weighted by molar-refractivity contribution is 5.79. The van der Waals surface area contributed by atoms with Gasteiger partial charge >= 0.3 is 0 Å². The second kappa shape index (κ2) is 8.73. The van der Waals surface area contributed by atoms with Crippen molar-refractivity contribution in [1.29, 1.82) is 0 Å². The fraction of sp³-hybridized carbons (Fsp3) is 0.588. The molecule has 22 heavy (non-hydrogen) atoms. The van der Waals surface area contributed by atoms with Gasteiger partial charge in [0.25, 0.3) is 0 Å². The third-order valence-corrected chi connectivity index (χ3v) is 3.84. The molecule has 124 valence electrons. The minimum absolute atomic E-state index is 0.237. The number of hydrogen-bond acceptors (Lipinski definition) is 2. The fourth-order valence-electron chi connectivity index (χ4n) is 2.15. The van der Waals surface area contributed by atoms with Gasteiger partial charge in [0.15, 0.2) is 5.96 Å². The third kappa shape index (κ3) is 5.64. The van der Waals surface area contributed by atoms with Gasteiger partial charge in [0.2, 0.25) is 0 Å². The molecular formula is C17H28FN3O. The number of aliphatic hydroxyl groups is 1. The minimum atomic E-state index is -0.764. The highest BCUT2D eigenvalue weighted by atomic mass is 19.1. The van der Waals surface area contributed by atoms with Gasteiger partial charge in [0.1, 0.15) is 5.82 Å². The van der Waals surface area contributed by atoms with Crippen LogP contribution in [-0.4, -0.2) is 41.7 Å². The Bertz CT molecular complexity index is 487. The molecule has 5 heteroatoms. The molecule has 4 nitrogen and oxygen atoms in total. The number of benzene rings is 1. The van der Waals surface area contributed by atoms with E-state index in [1.54, 1.807) is 6.07 Å². The molecule has 0 fully saturated rings. The van der Waals surface area contributed by atoms with Crippen molar-refractivity contribution in [2.45, 2.75) is 45.8 Å². The molecule has 0 saturated heterocycles. The number of nitrogens with one attached hydrogen (secondary N) is 1. The summed E-state index contributed by atoms with van der Waals surface area (Å²) in [4.78, 5) is 6.47. The van der Waals surface area contributed by atoms with Gasteiger partial charge in [-0.2, -0.15) is 0 Å². The molecule has 0 amide bonds. The van der Waals surface area contributed by atoms with Gasteiger partial charge in [-0.25, -0.2) is 4.39 Å². The first-order valence-corrected chi connectivity index (χ1v) is 7.90. The van der Waals surface area contributed by atoms with E-state index in [9.17, 15) is 9.50 Å². The van der Waals surface area contributed by atoms with Crippen molar-refractivity contribution < 1.29 is 9.50 Å². The van der Waals surface area contributed by atoms with Gasteiger partial charge in [-0.3, -0.25) is 4.99 Å². The summed E-state index contributed by atoms with van der Waals surface area (Å²) in [6.45, 7) is 7.57. The summed E-state index contributed by atoms with van der Waals surface area (Å²) >= 11 is 0. The first kappa shape index (κ1) is 18.4. The average Bonchev–Trinajstić information content (AvgIpc) is 2.51. The summed E-state index contributed by atoms with van der Waals surface area (Å²) < 4.78 is 13.3.